The predicted octanol–water partition coefficient (Wildman–Crippen LogP) is 1.69. The smallest absolute Gasteiger partial charge is 0.224 e. The van der Waals surface area contributed by atoms with Crippen LogP contribution in [0, 0.1) is 18.8 Å². The molecule has 1 N–H and O–H groups in total. The Hall–Kier alpha value is -2.18. The molecule has 3 rings (SSSR count). The molecule has 142 valence electrons. The van der Waals surface area contributed by atoms with Gasteiger partial charge in [0.25, 0.3) is 0 Å². The van der Waals surface area contributed by atoms with E-state index in [-0.39, 0.29) is 17.9 Å². The number of carbonyl (C=O) groups excluding carboxylic acids is 2. The Bertz CT molecular complexity index is 663. The summed E-state index contributed by atoms with van der Waals surface area (Å²) in [6, 6.07) is 2.05. The lowest BCUT2D eigenvalue weighted by molar-refractivity contribution is -0.132. The van der Waals surface area contributed by atoms with Crippen molar-refractivity contribution in [1.29, 1.82) is 0 Å². The second kappa shape index (κ2) is 8.01. The summed E-state index contributed by atoms with van der Waals surface area (Å²) in [5.74, 6) is 2.70. The average Bonchev–Trinajstić information content (AvgIpc) is 3.19. The van der Waals surface area contributed by atoms with Gasteiger partial charge in [-0.2, -0.15) is 0 Å². The molecule has 7 heteroatoms. The minimum Gasteiger partial charge on any atom is -0.365 e. The fourth-order valence-corrected chi connectivity index (χ4v) is 3.92. The van der Waals surface area contributed by atoms with Crippen molar-refractivity contribution in [1.82, 2.24) is 19.8 Å². The van der Waals surface area contributed by atoms with Crippen molar-refractivity contribution in [2.24, 2.45) is 11.8 Å². The van der Waals surface area contributed by atoms with E-state index in [9.17, 15) is 9.59 Å². The van der Waals surface area contributed by atoms with Gasteiger partial charge in [-0.3, -0.25) is 9.59 Å². The Morgan fingerprint density at radius 2 is 2.19 bits per heavy atom. The minimum atomic E-state index is 0.138. The maximum atomic E-state index is 12.7. The molecule has 0 saturated carbocycles. The van der Waals surface area contributed by atoms with Crippen molar-refractivity contribution >= 4 is 17.6 Å². The number of aromatic nitrogens is 2. The van der Waals surface area contributed by atoms with Crippen molar-refractivity contribution in [3.63, 3.8) is 0 Å². The number of aryl methyl sites for hydroxylation is 1. The first-order chi connectivity index (χ1) is 12.4. The number of anilines is 1. The monoisotopic (exact) mass is 359 g/mol. The molecular formula is C19H29N5O2. The van der Waals surface area contributed by atoms with Gasteiger partial charge in [0.15, 0.2) is 0 Å². The highest BCUT2D eigenvalue weighted by Gasteiger charge is 2.37. The molecule has 0 radical (unpaired) electrons. The van der Waals surface area contributed by atoms with E-state index >= 15 is 0 Å². The Morgan fingerprint density at radius 1 is 1.38 bits per heavy atom. The maximum Gasteiger partial charge on any atom is 0.224 e. The van der Waals surface area contributed by atoms with Crippen molar-refractivity contribution in [3.05, 3.63) is 18.1 Å². The quantitative estimate of drug-likeness (QED) is 0.836. The second-order valence-electron chi connectivity index (χ2n) is 7.68. The molecule has 0 spiro atoms. The molecule has 2 saturated heterocycles. The standard InChI is InChI=1S/C19H29N5O2/c1-13(2)15-11-24(19(26)7-10-23-9-4-5-18(23)25)12-16(15)22-17-6-8-20-14(3)21-17/h6,8,13,15-16H,4-5,7,9-12H2,1-3H3,(H,20,21,22)/t15-,16+/m0/s1. The van der Waals surface area contributed by atoms with E-state index in [2.05, 4.69) is 29.1 Å². The third kappa shape index (κ3) is 4.31. The summed E-state index contributed by atoms with van der Waals surface area (Å²) in [6.07, 6.45) is 3.70. The molecule has 1 aromatic heterocycles. The second-order valence-corrected chi connectivity index (χ2v) is 7.68. The number of amides is 2. The van der Waals surface area contributed by atoms with E-state index in [1.165, 1.54) is 0 Å². The molecule has 2 fully saturated rings. The van der Waals surface area contributed by atoms with E-state index < -0.39 is 0 Å². The van der Waals surface area contributed by atoms with Gasteiger partial charge >= 0.3 is 0 Å². The molecule has 7 nitrogen and oxygen atoms in total. The van der Waals surface area contributed by atoms with Gasteiger partial charge in [-0.25, -0.2) is 9.97 Å². The van der Waals surface area contributed by atoms with Crippen LogP contribution in [0.15, 0.2) is 12.3 Å². The lowest BCUT2D eigenvalue weighted by Gasteiger charge is -2.23. The van der Waals surface area contributed by atoms with E-state index in [4.69, 9.17) is 0 Å². The van der Waals surface area contributed by atoms with E-state index in [0.29, 0.717) is 37.8 Å². The normalized spacial score (nSPS) is 23.2. The summed E-state index contributed by atoms with van der Waals surface area (Å²) in [4.78, 5) is 36.7. The van der Waals surface area contributed by atoms with Crippen LogP contribution < -0.4 is 5.32 Å². The first-order valence-corrected chi connectivity index (χ1v) is 9.56. The summed E-state index contributed by atoms with van der Waals surface area (Å²) >= 11 is 0. The third-order valence-corrected chi connectivity index (χ3v) is 5.45. The molecule has 0 unspecified atom stereocenters. The molecule has 0 aliphatic carbocycles. The van der Waals surface area contributed by atoms with Gasteiger partial charge in [0.1, 0.15) is 11.6 Å². The SMILES string of the molecule is Cc1nccc(N[C@@H]2CN(C(=O)CCN3CCCC3=O)C[C@H]2C(C)C)n1. The topological polar surface area (TPSA) is 78.4 Å². The van der Waals surface area contributed by atoms with Crippen LogP contribution in [0.5, 0.6) is 0 Å². The van der Waals surface area contributed by atoms with Crippen LogP contribution in [0.25, 0.3) is 0 Å². The van der Waals surface area contributed by atoms with Gasteiger partial charge in [0.05, 0.1) is 0 Å². The predicted molar refractivity (Wildman–Crippen MR) is 99.5 cm³/mol. The number of hydrogen-bond acceptors (Lipinski definition) is 5. The van der Waals surface area contributed by atoms with E-state index in [1.807, 2.05) is 22.8 Å². The van der Waals surface area contributed by atoms with Gasteiger partial charge in [-0.1, -0.05) is 13.8 Å². The average molecular weight is 359 g/mol. The number of nitrogens with zero attached hydrogens (tertiary/aromatic N) is 4. The Labute approximate surface area is 155 Å². The summed E-state index contributed by atoms with van der Waals surface area (Å²) in [5, 5.41) is 3.49. The molecule has 26 heavy (non-hydrogen) atoms. The number of rotatable bonds is 6. The number of carbonyl (C=O) groups is 2. The van der Waals surface area contributed by atoms with Crippen LogP contribution in [0.1, 0.15) is 38.9 Å². The fraction of sp³-hybridized carbons (Fsp3) is 0.684. The Balaban J connectivity index is 1.59. The fourth-order valence-electron chi connectivity index (χ4n) is 3.92. The number of nitrogens with one attached hydrogen (secondary N) is 1. The summed E-state index contributed by atoms with van der Waals surface area (Å²) in [7, 11) is 0. The van der Waals surface area contributed by atoms with Crippen molar-refractivity contribution in [2.75, 3.05) is 31.5 Å². The minimum absolute atomic E-state index is 0.138. The van der Waals surface area contributed by atoms with Gasteiger partial charge in [0, 0.05) is 57.2 Å². The van der Waals surface area contributed by atoms with E-state index in [0.717, 1.165) is 31.2 Å². The summed E-state index contributed by atoms with van der Waals surface area (Å²) in [6.45, 7) is 9.03. The molecule has 2 amide bonds. The summed E-state index contributed by atoms with van der Waals surface area (Å²) in [5.41, 5.74) is 0. The van der Waals surface area contributed by atoms with Crippen molar-refractivity contribution < 1.29 is 9.59 Å². The lowest BCUT2D eigenvalue weighted by Crippen LogP contribution is -2.35. The van der Waals surface area contributed by atoms with Gasteiger partial charge in [-0.15, -0.1) is 0 Å². The third-order valence-electron chi connectivity index (χ3n) is 5.45. The number of hydrogen-bond donors (Lipinski definition) is 1. The largest absolute Gasteiger partial charge is 0.365 e. The molecule has 2 aliphatic rings. The molecule has 0 bridgehead atoms. The van der Waals surface area contributed by atoms with Crippen molar-refractivity contribution in [3.8, 4) is 0 Å². The summed E-state index contributed by atoms with van der Waals surface area (Å²) < 4.78 is 0. The van der Waals surface area contributed by atoms with E-state index in [1.54, 1.807) is 6.20 Å². The van der Waals surface area contributed by atoms with Crippen LogP contribution in [0.4, 0.5) is 5.82 Å². The van der Waals surface area contributed by atoms with Crippen LogP contribution >= 0.6 is 0 Å². The zero-order valence-corrected chi connectivity index (χ0v) is 15.9. The Morgan fingerprint density at radius 3 is 2.85 bits per heavy atom. The van der Waals surface area contributed by atoms with Crippen LogP contribution in [0.2, 0.25) is 0 Å². The van der Waals surface area contributed by atoms with Gasteiger partial charge in [-0.05, 0) is 25.3 Å². The lowest BCUT2D eigenvalue weighted by atomic mass is 9.91. The number of likely N-dealkylation sites (tertiary alicyclic amines) is 2. The van der Waals surface area contributed by atoms with Crippen LogP contribution in [-0.4, -0.2) is 63.8 Å². The highest BCUT2D eigenvalue weighted by Crippen LogP contribution is 2.27. The maximum absolute atomic E-state index is 12.7. The first kappa shape index (κ1) is 18.6. The molecular weight excluding hydrogens is 330 g/mol. The molecule has 1 aromatic rings. The zero-order chi connectivity index (χ0) is 18.7. The van der Waals surface area contributed by atoms with Gasteiger partial charge in [0.2, 0.25) is 11.8 Å². The molecule has 2 aliphatic heterocycles. The molecule has 0 aromatic carbocycles. The highest BCUT2D eigenvalue weighted by molar-refractivity contribution is 5.80. The zero-order valence-electron chi connectivity index (χ0n) is 15.9. The molecule has 3 heterocycles. The van der Waals surface area contributed by atoms with Gasteiger partial charge < -0.3 is 15.1 Å². The Kier molecular flexibility index (Phi) is 5.74. The van der Waals surface area contributed by atoms with Crippen molar-refractivity contribution in [2.45, 2.75) is 46.1 Å². The first-order valence-electron chi connectivity index (χ1n) is 9.56. The van der Waals surface area contributed by atoms with Crippen LogP contribution in [0.3, 0.4) is 0 Å². The van der Waals surface area contributed by atoms with Crippen LogP contribution in [-0.2, 0) is 9.59 Å². The highest BCUT2D eigenvalue weighted by atomic mass is 16.2. The molecule has 2 atom stereocenters.